The lowest BCUT2D eigenvalue weighted by Crippen LogP contribution is -2.05. The van der Waals surface area contributed by atoms with Crippen molar-refractivity contribution in [1.82, 2.24) is 4.98 Å². The molecule has 0 amide bonds. The SMILES string of the molecule is O=C(CO[P+](=O)O)c1ccc2cnccc2c1. The fourth-order valence-electron chi connectivity index (χ4n) is 1.45. The highest BCUT2D eigenvalue weighted by atomic mass is 31.1. The molecule has 0 spiro atoms. The van der Waals surface area contributed by atoms with Crippen LogP contribution in [-0.2, 0) is 9.09 Å². The Hall–Kier alpha value is -1.68. The van der Waals surface area contributed by atoms with Crippen LogP contribution < -0.4 is 0 Å². The molecular weight excluding hydrogens is 241 g/mol. The van der Waals surface area contributed by atoms with Crippen molar-refractivity contribution in [3.8, 4) is 0 Å². The highest BCUT2D eigenvalue weighted by Gasteiger charge is 2.16. The molecule has 6 heteroatoms. The van der Waals surface area contributed by atoms with Gasteiger partial charge in [0.1, 0.15) is 0 Å². The molecule has 2 rings (SSSR count). The van der Waals surface area contributed by atoms with Crippen LogP contribution in [0.3, 0.4) is 0 Å². The van der Waals surface area contributed by atoms with E-state index in [0.717, 1.165) is 10.8 Å². The zero-order valence-electron chi connectivity index (χ0n) is 8.74. The zero-order chi connectivity index (χ0) is 12.3. The smallest absolute Gasteiger partial charge is 0.291 e. The monoisotopic (exact) mass is 250 g/mol. The fraction of sp³-hybridized carbons (Fsp3) is 0.0909. The maximum Gasteiger partial charge on any atom is 0.695 e. The predicted molar refractivity (Wildman–Crippen MR) is 61.9 cm³/mol. The summed E-state index contributed by atoms with van der Waals surface area (Å²) in [4.78, 5) is 24.0. The van der Waals surface area contributed by atoms with E-state index < -0.39 is 14.9 Å². The van der Waals surface area contributed by atoms with Gasteiger partial charge in [-0.3, -0.25) is 9.78 Å². The van der Waals surface area contributed by atoms with E-state index in [1.165, 1.54) is 0 Å². The maximum atomic E-state index is 11.6. The molecule has 2 aromatic rings. The number of benzene rings is 1. The fourth-order valence-corrected chi connectivity index (χ4v) is 1.68. The summed E-state index contributed by atoms with van der Waals surface area (Å²) in [7, 11) is -2.74. The minimum Gasteiger partial charge on any atom is -0.291 e. The minimum atomic E-state index is -2.74. The number of Topliss-reactive ketones (excluding diaryl/α,β-unsaturated/α-hetero) is 1. The number of rotatable bonds is 4. The number of ketones is 1. The van der Waals surface area contributed by atoms with E-state index >= 15 is 0 Å². The van der Waals surface area contributed by atoms with Crippen LogP contribution in [-0.4, -0.2) is 22.3 Å². The molecule has 1 atom stereocenters. The number of carbonyl (C=O) groups is 1. The van der Waals surface area contributed by atoms with Crippen molar-refractivity contribution in [3.63, 3.8) is 0 Å². The van der Waals surface area contributed by atoms with Crippen LogP contribution in [0.4, 0.5) is 0 Å². The van der Waals surface area contributed by atoms with E-state index in [9.17, 15) is 9.36 Å². The third kappa shape index (κ3) is 2.91. The quantitative estimate of drug-likeness (QED) is 0.664. The molecule has 0 aliphatic rings. The molecule has 0 fully saturated rings. The molecule has 1 N–H and O–H groups in total. The Labute approximate surface area is 98.0 Å². The van der Waals surface area contributed by atoms with Gasteiger partial charge in [0, 0.05) is 27.9 Å². The van der Waals surface area contributed by atoms with Gasteiger partial charge in [-0.1, -0.05) is 12.1 Å². The van der Waals surface area contributed by atoms with Crippen LogP contribution in [0.2, 0.25) is 0 Å². The summed E-state index contributed by atoms with van der Waals surface area (Å²) in [5, 5.41) is 1.82. The second kappa shape index (κ2) is 5.10. The summed E-state index contributed by atoms with van der Waals surface area (Å²) in [5.41, 5.74) is 0.445. The molecule has 1 aromatic carbocycles. The number of aromatic nitrogens is 1. The molecule has 1 aromatic heterocycles. The van der Waals surface area contributed by atoms with Gasteiger partial charge < -0.3 is 0 Å². The first-order chi connectivity index (χ1) is 8.16. The van der Waals surface area contributed by atoms with Crippen LogP contribution in [0.15, 0.2) is 36.7 Å². The summed E-state index contributed by atoms with van der Waals surface area (Å²) in [6.45, 7) is -0.401. The molecule has 0 saturated heterocycles. The molecule has 86 valence electrons. The average Bonchev–Trinajstić information content (AvgIpc) is 2.35. The van der Waals surface area contributed by atoms with E-state index in [2.05, 4.69) is 9.51 Å². The average molecular weight is 250 g/mol. The molecule has 0 radical (unpaired) electrons. The van der Waals surface area contributed by atoms with Crippen molar-refractivity contribution in [2.24, 2.45) is 0 Å². The van der Waals surface area contributed by atoms with Crippen LogP contribution in [0.5, 0.6) is 0 Å². The molecule has 17 heavy (non-hydrogen) atoms. The van der Waals surface area contributed by atoms with Crippen molar-refractivity contribution in [3.05, 3.63) is 42.2 Å². The summed E-state index contributed by atoms with van der Waals surface area (Å²) in [5.74, 6) is -0.332. The van der Waals surface area contributed by atoms with Gasteiger partial charge in [-0.05, 0) is 17.5 Å². The summed E-state index contributed by atoms with van der Waals surface area (Å²) in [6, 6.07) is 6.90. The number of nitrogens with zero attached hydrogens (tertiary/aromatic N) is 1. The topological polar surface area (TPSA) is 76.5 Å². The highest BCUT2D eigenvalue weighted by Crippen LogP contribution is 2.18. The number of hydrogen-bond acceptors (Lipinski definition) is 4. The van der Waals surface area contributed by atoms with Gasteiger partial charge in [-0.15, -0.1) is 9.42 Å². The van der Waals surface area contributed by atoms with Crippen molar-refractivity contribution in [1.29, 1.82) is 0 Å². The van der Waals surface area contributed by atoms with Crippen molar-refractivity contribution < 1.29 is 18.8 Å². The highest BCUT2D eigenvalue weighted by molar-refractivity contribution is 7.32. The van der Waals surface area contributed by atoms with Crippen molar-refractivity contribution >= 4 is 24.8 Å². The normalized spacial score (nSPS) is 11.5. The van der Waals surface area contributed by atoms with E-state index in [1.54, 1.807) is 36.7 Å². The lowest BCUT2D eigenvalue weighted by atomic mass is 10.1. The molecule has 0 aliphatic heterocycles. The Balaban J connectivity index is 2.24. The molecule has 0 aliphatic carbocycles. The Morgan fingerprint density at radius 2 is 2.18 bits per heavy atom. The Morgan fingerprint density at radius 3 is 2.94 bits per heavy atom. The molecule has 0 saturated carbocycles. The van der Waals surface area contributed by atoms with Crippen LogP contribution in [0.1, 0.15) is 10.4 Å². The minimum absolute atomic E-state index is 0.332. The predicted octanol–water partition coefficient (Wildman–Crippen LogP) is 2.08. The Bertz CT molecular complexity index is 584. The number of fused-ring (bicyclic) bond motifs is 1. The summed E-state index contributed by atoms with van der Waals surface area (Å²) >= 11 is 0. The van der Waals surface area contributed by atoms with E-state index in [4.69, 9.17) is 4.89 Å². The van der Waals surface area contributed by atoms with Crippen LogP contribution in [0, 0.1) is 0 Å². The molecule has 0 bridgehead atoms. The second-order valence-electron chi connectivity index (χ2n) is 3.37. The van der Waals surface area contributed by atoms with E-state index in [0.29, 0.717) is 5.56 Å². The standard InChI is InChI=1S/C11H8NO4P/c13-11(7-16-17(14)15)9-1-2-10-6-12-4-3-8(10)5-9/h1-6H,7H2/p+1. The van der Waals surface area contributed by atoms with Gasteiger partial charge in [-0.2, -0.15) is 0 Å². The first kappa shape index (κ1) is 11.8. The summed E-state index contributed by atoms with van der Waals surface area (Å²) < 4.78 is 14.7. The lowest BCUT2D eigenvalue weighted by Gasteiger charge is -2.00. The van der Waals surface area contributed by atoms with Gasteiger partial charge in [0.05, 0.1) is 0 Å². The first-order valence-electron chi connectivity index (χ1n) is 4.83. The van der Waals surface area contributed by atoms with E-state index in [-0.39, 0.29) is 5.78 Å². The van der Waals surface area contributed by atoms with Gasteiger partial charge in [0.2, 0.25) is 0 Å². The lowest BCUT2D eigenvalue weighted by molar-refractivity contribution is 0.0917. The zero-order valence-corrected chi connectivity index (χ0v) is 9.63. The number of pyridine rings is 1. The Kier molecular flexibility index (Phi) is 3.54. The largest absolute Gasteiger partial charge is 0.695 e. The molecular formula is C11H9NO4P+. The van der Waals surface area contributed by atoms with E-state index in [1.807, 2.05) is 0 Å². The third-order valence-electron chi connectivity index (χ3n) is 2.27. The third-order valence-corrected chi connectivity index (χ3v) is 2.62. The second-order valence-corrected chi connectivity index (χ2v) is 4.11. The van der Waals surface area contributed by atoms with Crippen LogP contribution in [0.25, 0.3) is 10.8 Å². The first-order valence-corrected chi connectivity index (χ1v) is 5.96. The van der Waals surface area contributed by atoms with Gasteiger partial charge >= 0.3 is 8.25 Å². The van der Waals surface area contributed by atoms with Crippen molar-refractivity contribution in [2.45, 2.75) is 0 Å². The molecule has 5 nitrogen and oxygen atoms in total. The Morgan fingerprint density at radius 1 is 1.35 bits per heavy atom. The summed E-state index contributed by atoms with van der Waals surface area (Å²) in [6.07, 6.45) is 3.34. The number of carbonyl (C=O) groups excluding carboxylic acids is 1. The van der Waals surface area contributed by atoms with Gasteiger partial charge in [-0.25, -0.2) is 0 Å². The molecule has 1 unspecified atom stereocenters. The molecule has 1 heterocycles. The van der Waals surface area contributed by atoms with Gasteiger partial charge in [0.25, 0.3) is 0 Å². The van der Waals surface area contributed by atoms with Gasteiger partial charge in [0.15, 0.2) is 12.4 Å². The number of hydrogen-bond donors (Lipinski definition) is 1. The maximum absolute atomic E-state index is 11.6. The van der Waals surface area contributed by atoms with Crippen LogP contribution >= 0.6 is 8.25 Å². The van der Waals surface area contributed by atoms with Crippen molar-refractivity contribution in [2.75, 3.05) is 6.61 Å².